The third-order valence-corrected chi connectivity index (χ3v) is 3.05. The molecule has 0 aromatic carbocycles. The summed E-state index contributed by atoms with van der Waals surface area (Å²) in [5.41, 5.74) is 5.26. The van der Waals surface area contributed by atoms with Crippen LogP contribution in [0.4, 0.5) is 5.69 Å². The lowest BCUT2D eigenvalue weighted by molar-refractivity contribution is 0.0992. The molecule has 0 aliphatic carbocycles. The van der Waals surface area contributed by atoms with E-state index < -0.39 is 11.5 Å². The number of nitrogens with two attached hydrogens (primary N) is 1. The number of thioether (sulfide) groups is 1. The quantitative estimate of drug-likeness (QED) is 0.696. The number of nitrogens with one attached hydrogen (secondary N) is 1. The molecular formula is C11H17N3O2S. The number of carbonyl (C=O) groups is 1. The summed E-state index contributed by atoms with van der Waals surface area (Å²) >= 11 is 1.58. The van der Waals surface area contributed by atoms with Crippen molar-refractivity contribution in [1.29, 1.82) is 0 Å². The molecule has 1 atom stereocenters. The third-order valence-electron chi connectivity index (χ3n) is 2.14. The fourth-order valence-electron chi connectivity index (χ4n) is 1.33. The van der Waals surface area contributed by atoms with Crippen LogP contribution in [0.25, 0.3) is 0 Å². The van der Waals surface area contributed by atoms with Crippen molar-refractivity contribution >= 4 is 23.4 Å². The number of hydrogen-bond acceptors (Lipinski definition) is 5. The van der Waals surface area contributed by atoms with Crippen molar-refractivity contribution < 1.29 is 9.90 Å². The second-order valence-electron chi connectivity index (χ2n) is 4.08. The molecule has 0 saturated carbocycles. The monoisotopic (exact) mass is 255 g/mol. The number of aliphatic hydroxyl groups is 1. The van der Waals surface area contributed by atoms with Gasteiger partial charge in [0.25, 0.3) is 5.91 Å². The topological polar surface area (TPSA) is 88.2 Å². The molecule has 0 bridgehead atoms. The predicted octanol–water partition coefficient (Wildman–Crippen LogP) is 0.706. The van der Waals surface area contributed by atoms with Crippen LogP contribution < -0.4 is 11.1 Å². The second-order valence-corrected chi connectivity index (χ2v) is 4.94. The maximum atomic E-state index is 10.9. The van der Waals surface area contributed by atoms with Gasteiger partial charge < -0.3 is 16.2 Å². The first-order chi connectivity index (χ1) is 7.94. The summed E-state index contributed by atoms with van der Waals surface area (Å²) in [6.45, 7) is 2.16. The van der Waals surface area contributed by atoms with Gasteiger partial charge in [-0.25, -0.2) is 0 Å². The normalized spacial score (nSPS) is 14.1. The van der Waals surface area contributed by atoms with Crippen LogP contribution in [0.1, 0.15) is 17.4 Å². The van der Waals surface area contributed by atoms with Crippen molar-refractivity contribution in [3.05, 3.63) is 24.0 Å². The molecule has 6 heteroatoms. The summed E-state index contributed by atoms with van der Waals surface area (Å²) in [5.74, 6) is 0.0674. The Morgan fingerprint density at radius 1 is 1.71 bits per heavy atom. The van der Waals surface area contributed by atoms with Crippen LogP contribution in [-0.2, 0) is 0 Å². The van der Waals surface area contributed by atoms with Crippen molar-refractivity contribution in [3.8, 4) is 0 Å². The largest absolute Gasteiger partial charge is 0.387 e. The van der Waals surface area contributed by atoms with Gasteiger partial charge in [0.05, 0.1) is 5.60 Å². The minimum atomic E-state index is -0.796. The zero-order chi connectivity index (χ0) is 12.9. The van der Waals surface area contributed by atoms with Gasteiger partial charge in [0.2, 0.25) is 0 Å². The van der Waals surface area contributed by atoms with Gasteiger partial charge >= 0.3 is 0 Å². The maximum Gasteiger partial charge on any atom is 0.267 e. The van der Waals surface area contributed by atoms with Crippen LogP contribution >= 0.6 is 11.8 Å². The van der Waals surface area contributed by atoms with E-state index in [9.17, 15) is 9.90 Å². The van der Waals surface area contributed by atoms with Gasteiger partial charge in [-0.15, -0.1) is 0 Å². The standard InChI is InChI=1S/C11H17N3O2S/c1-11(16,7-17-2)6-14-8-3-4-13-9(5-8)10(12)15/h3-5,16H,6-7H2,1-2H3,(H2,12,15)(H,13,14). The summed E-state index contributed by atoms with van der Waals surface area (Å²) in [6.07, 6.45) is 3.44. The first-order valence-corrected chi connectivity index (χ1v) is 6.55. The molecule has 1 aromatic heterocycles. The lowest BCUT2D eigenvalue weighted by atomic mass is 10.1. The van der Waals surface area contributed by atoms with E-state index in [4.69, 9.17) is 5.73 Å². The zero-order valence-electron chi connectivity index (χ0n) is 9.93. The van der Waals surface area contributed by atoms with Crippen LogP contribution in [0.3, 0.4) is 0 Å². The number of anilines is 1. The number of rotatable bonds is 6. The number of aromatic nitrogens is 1. The first kappa shape index (κ1) is 13.8. The van der Waals surface area contributed by atoms with Crippen molar-refractivity contribution in [2.24, 2.45) is 5.73 Å². The summed E-state index contributed by atoms with van der Waals surface area (Å²) < 4.78 is 0. The summed E-state index contributed by atoms with van der Waals surface area (Å²) in [7, 11) is 0. The minimum absolute atomic E-state index is 0.208. The molecule has 0 fully saturated rings. The van der Waals surface area contributed by atoms with Gasteiger partial charge in [-0.1, -0.05) is 0 Å². The average Bonchev–Trinajstić information content (AvgIpc) is 2.27. The molecule has 4 N–H and O–H groups in total. The maximum absolute atomic E-state index is 10.9. The molecule has 17 heavy (non-hydrogen) atoms. The fraction of sp³-hybridized carbons (Fsp3) is 0.455. The van der Waals surface area contributed by atoms with Crippen molar-refractivity contribution in [1.82, 2.24) is 4.98 Å². The van der Waals surface area contributed by atoms with Crippen LogP contribution in [0.2, 0.25) is 0 Å². The lowest BCUT2D eigenvalue weighted by Crippen LogP contribution is -2.36. The Kier molecular flexibility index (Phi) is 4.77. The van der Waals surface area contributed by atoms with Crippen LogP contribution in [0, 0.1) is 0 Å². The number of amides is 1. The van der Waals surface area contributed by atoms with Crippen LogP contribution in [-0.4, -0.2) is 40.2 Å². The van der Waals surface area contributed by atoms with E-state index in [1.54, 1.807) is 30.8 Å². The van der Waals surface area contributed by atoms with Crippen molar-refractivity contribution in [2.45, 2.75) is 12.5 Å². The highest BCUT2D eigenvalue weighted by atomic mass is 32.2. The average molecular weight is 255 g/mol. The Bertz CT molecular complexity index is 396. The van der Waals surface area contributed by atoms with Crippen LogP contribution in [0.5, 0.6) is 0 Å². The highest BCUT2D eigenvalue weighted by molar-refractivity contribution is 7.98. The molecule has 1 heterocycles. The van der Waals surface area contributed by atoms with Gasteiger partial charge in [0, 0.05) is 24.2 Å². The SMILES string of the molecule is CSCC(C)(O)CNc1ccnc(C(N)=O)c1. The molecule has 0 spiro atoms. The Morgan fingerprint density at radius 2 is 2.41 bits per heavy atom. The summed E-state index contributed by atoms with van der Waals surface area (Å²) in [4.78, 5) is 14.8. The number of hydrogen-bond donors (Lipinski definition) is 3. The molecule has 1 unspecified atom stereocenters. The van der Waals surface area contributed by atoms with Crippen molar-refractivity contribution in [3.63, 3.8) is 0 Å². The van der Waals surface area contributed by atoms with Crippen molar-refractivity contribution in [2.75, 3.05) is 23.9 Å². The Balaban J connectivity index is 2.63. The number of carbonyl (C=O) groups excluding carboxylic acids is 1. The highest BCUT2D eigenvalue weighted by Crippen LogP contribution is 2.13. The van der Waals surface area contributed by atoms with Crippen LogP contribution in [0.15, 0.2) is 18.3 Å². The molecule has 1 amide bonds. The molecular weight excluding hydrogens is 238 g/mol. The molecule has 1 rings (SSSR count). The van der Waals surface area contributed by atoms with Gasteiger partial charge in [-0.3, -0.25) is 9.78 Å². The second kappa shape index (κ2) is 5.88. The summed E-state index contributed by atoms with van der Waals surface area (Å²) in [6, 6.07) is 3.29. The molecule has 0 radical (unpaired) electrons. The lowest BCUT2D eigenvalue weighted by Gasteiger charge is -2.23. The Morgan fingerprint density at radius 3 is 3.00 bits per heavy atom. The van der Waals surface area contributed by atoms with Gasteiger partial charge in [-0.2, -0.15) is 11.8 Å². The molecule has 0 saturated heterocycles. The minimum Gasteiger partial charge on any atom is -0.387 e. The van der Waals surface area contributed by atoms with E-state index in [-0.39, 0.29) is 5.69 Å². The van der Waals surface area contributed by atoms with E-state index in [2.05, 4.69) is 10.3 Å². The fourth-order valence-corrected chi connectivity index (χ4v) is 2.05. The van der Waals surface area contributed by atoms with E-state index in [0.717, 1.165) is 5.69 Å². The number of nitrogens with zero attached hydrogens (tertiary/aromatic N) is 1. The Hall–Kier alpha value is -1.27. The zero-order valence-corrected chi connectivity index (χ0v) is 10.8. The Labute approximate surface area is 105 Å². The predicted molar refractivity (Wildman–Crippen MR) is 70.3 cm³/mol. The molecule has 0 aliphatic heterocycles. The molecule has 94 valence electrons. The number of primary amides is 1. The van der Waals surface area contributed by atoms with Gasteiger partial charge in [-0.05, 0) is 25.3 Å². The molecule has 5 nitrogen and oxygen atoms in total. The van der Waals surface area contributed by atoms with E-state index in [0.29, 0.717) is 12.3 Å². The molecule has 1 aromatic rings. The van der Waals surface area contributed by atoms with Gasteiger partial charge in [0.1, 0.15) is 5.69 Å². The smallest absolute Gasteiger partial charge is 0.267 e. The highest BCUT2D eigenvalue weighted by Gasteiger charge is 2.19. The summed E-state index contributed by atoms with van der Waals surface area (Å²) in [5, 5.41) is 13.0. The van der Waals surface area contributed by atoms with E-state index in [1.165, 1.54) is 6.20 Å². The van der Waals surface area contributed by atoms with Gasteiger partial charge in [0.15, 0.2) is 0 Å². The third kappa shape index (κ3) is 4.62. The van der Waals surface area contributed by atoms with E-state index in [1.807, 2.05) is 6.26 Å². The van der Waals surface area contributed by atoms with E-state index >= 15 is 0 Å². The first-order valence-electron chi connectivity index (χ1n) is 5.16. The molecule has 0 aliphatic rings. The number of pyridine rings is 1.